The van der Waals surface area contributed by atoms with Gasteiger partial charge >= 0.3 is 11.9 Å². The molecule has 28 heavy (non-hydrogen) atoms. The Kier molecular flexibility index (Phi) is 5.93. The Morgan fingerprint density at radius 3 is 2.25 bits per heavy atom. The molecule has 1 amide bonds. The number of carbonyl (C=O) groups is 1. The maximum absolute atomic E-state index is 12.5. The minimum absolute atomic E-state index is 0.0133. The van der Waals surface area contributed by atoms with E-state index >= 15 is 0 Å². The number of rotatable bonds is 5. The first-order chi connectivity index (χ1) is 13.1. The van der Waals surface area contributed by atoms with E-state index in [1.165, 1.54) is 14.1 Å². The van der Waals surface area contributed by atoms with E-state index in [1.54, 1.807) is 6.07 Å². The number of alkyl halides is 3. The third-order valence-electron chi connectivity index (χ3n) is 3.95. The number of aromatic nitrogens is 2. The quantitative estimate of drug-likeness (QED) is 0.729. The molecule has 0 spiro atoms. The van der Waals surface area contributed by atoms with Crippen molar-refractivity contribution < 1.29 is 18.0 Å². The Morgan fingerprint density at radius 1 is 1.11 bits per heavy atom. The van der Waals surface area contributed by atoms with Crippen LogP contribution < -0.4 is 21.9 Å². The fourth-order valence-corrected chi connectivity index (χ4v) is 2.42. The number of hydrogen-bond acceptors (Lipinski definition) is 5. The van der Waals surface area contributed by atoms with Crippen LogP contribution in [0.1, 0.15) is 21.5 Å². The number of halogens is 3. The summed E-state index contributed by atoms with van der Waals surface area (Å²) in [6.07, 6.45) is -4.49. The maximum atomic E-state index is 12.5. The standard InChI is InChI=1S/C17H16F3N5O3/c1-24-13(12(9-21)15(27)25(2)16(24)28)22-7-8-23-14(26)10-3-5-11(6-4-10)17(18,19)20/h3-6,22H,7-8H2,1-2H3,(H,23,26). The van der Waals surface area contributed by atoms with Gasteiger partial charge < -0.3 is 10.6 Å². The molecule has 1 aromatic carbocycles. The third kappa shape index (κ3) is 4.22. The molecule has 8 nitrogen and oxygen atoms in total. The molecular formula is C17H16F3N5O3. The van der Waals surface area contributed by atoms with Gasteiger partial charge in [-0.15, -0.1) is 0 Å². The molecule has 1 aromatic heterocycles. The molecule has 0 atom stereocenters. The van der Waals surface area contributed by atoms with Crippen molar-refractivity contribution in [2.75, 3.05) is 18.4 Å². The topological polar surface area (TPSA) is 109 Å². The molecule has 0 fully saturated rings. The summed E-state index contributed by atoms with van der Waals surface area (Å²) in [7, 11) is 2.63. The normalized spacial score (nSPS) is 11.0. The lowest BCUT2D eigenvalue weighted by Crippen LogP contribution is -2.40. The van der Waals surface area contributed by atoms with Crippen LogP contribution in [0.5, 0.6) is 0 Å². The van der Waals surface area contributed by atoms with Crippen LogP contribution in [0.15, 0.2) is 33.9 Å². The highest BCUT2D eigenvalue weighted by Crippen LogP contribution is 2.29. The van der Waals surface area contributed by atoms with Gasteiger partial charge in [0.15, 0.2) is 5.56 Å². The van der Waals surface area contributed by atoms with Crippen molar-refractivity contribution >= 4 is 11.7 Å². The van der Waals surface area contributed by atoms with Gasteiger partial charge in [-0.25, -0.2) is 4.79 Å². The van der Waals surface area contributed by atoms with Gasteiger partial charge in [-0.1, -0.05) is 0 Å². The van der Waals surface area contributed by atoms with Crippen LogP contribution in [0, 0.1) is 11.3 Å². The van der Waals surface area contributed by atoms with Crippen LogP contribution in [0.3, 0.4) is 0 Å². The number of hydrogen-bond donors (Lipinski definition) is 2. The lowest BCUT2D eigenvalue weighted by Gasteiger charge is -2.14. The summed E-state index contributed by atoms with van der Waals surface area (Å²) in [5, 5.41) is 14.4. The third-order valence-corrected chi connectivity index (χ3v) is 3.95. The van der Waals surface area contributed by atoms with Crippen LogP contribution in [0.4, 0.5) is 19.0 Å². The van der Waals surface area contributed by atoms with Crippen LogP contribution in [-0.2, 0) is 20.3 Å². The second-order valence-corrected chi connectivity index (χ2v) is 5.80. The van der Waals surface area contributed by atoms with Crippen LogP contribution in [-0.4, -0.2) is 28.1 Å². The summed E-state index contributed by atoms with van der Waals surface area (Å²) < 4.78 is 39.5. The average Bonchev–Trinajstić information content (AvgIpc) is 2.66. The first kappa shape index (κ1) is 20.8. The molecule has 11 heteroatoms. The lowest BCUT2D eigenvalue weighted by atomic mass is 10.1. The van der Waals surface area contributed by atoms with Gasteiger partial charge in [-0.2, -0.15) is 18.4 Å². The molecule has 0 radical (unpaired) electrons. The first-order valence-corrected chi connectivity index (χ1v) is 7.97. The number of amides is 1. The SMILES string of the molecule is Cn1c(NCCNC(=O)c2ccc(C(F)(F)F)cc2)c(C#N)c(=O)n(C)c1=O. The zero-order chi connectivity index (χ0) is 21.1. The molecule has 0 saturated heterocycles. The number of carbonyl (C=O) groups excluding carboxylic acids is 1. The van der Waals surface area contributed by atoms with Gasteiger partial charge in [0.1, 0.15) is 11.9 Å². The Bertz CT molecular complexity index is 1050. The van der Waals surface area contributed by atoms with Crippen molar-refractivity contribution in [2.24, 2.45) is 14.1 Å². The van der Waals surface area contributed by atoms with E-state index in [-0.39, 0.29) is 30.0 Å². The molecule has 0 aliphatic rings. The summed E-state index contributed by atoms with van der Waals surface area (Å²) >= 11 is 0. The number of nitrogens with zero attached hydrogens (tertiary/aromatic N) is 3. The van der Waals surface area contributed by atoms with Crippen LogP contribution in [0.2, 0.25) is 0 Å². The highest BCUT2D eigenvalue weighted by atomic mass is 19.4. The molecule has 0 unspecified atom stereocenters. The summed E-state index contributed by atoms with van der Waals surface area (Å²) in [6.45, 7) is 0.107. The minimum Gasteiger partial charge on any atom is -0.368 e. The van der Waals surface area contributed by atoms with E-state index < -0.39 is 28.9 Å². The van der Waals surface area contributed by atoms with E-state index in [0.717, 1.165) is 33.4 Å². The minimum atomic E-state index is -4.49. The van der Waals surface area contributed by atoms with Gasteiger partial charge in [0.05, 0.1) is 5.56 Å². The fraction of sp³-hybridized carbons (Fsp3) is 0.294. The summed E-state index contributed by atoms with van der Waals surface area (Å²) in [6, 6.07) is 5.46. The second-order valence-electron chi connectivity index (χ2n) is 5.80. The van der Waals surface area contributed by atoms with Crippen molar-refractivity contribution in [1.82, 2.24) is 14.5 Å². The van der Waals surface area contributed by atoms with E-state index in [0.29, 0.717) is 0 Å². The van der Waals surface area contributed by atoms with Gasteiger partial charge in [0.25, 0.3) is 11.5 Å². The van der Waals surface area contributed by atoms with Crippen LogP contribution in [0.25, 0.3) is 0 Å². The smallest absolute Gasteiger partial charge is 0.368 e. The molecule has 0 aliphatic heterocycles. The lowest BCUT2D eigenvalue weighted by molar-refractivity contribution is -0.137. The fourth-order valence-electron chi connectivity index (χ4n) is 2.42. The van der Waals surface area contributed by atoms with Crippen molar-refractivity contribution in [1.29, 1.82) is 5.26 Å². The number of nitrogens with one attached hydrogen (secondary N) is 2. The van der Waals surface area contributed by atoms with Gasteiger partial charge in [-0.3, -0.25) is 18.7 Å². The van der Waals surface area contributed by atoms with E-state index in [1.807, 2.05) is 0 Å². The Hall–Kier alpha value is -3.55. The number of anilines is 1. The van der Waals surface area contributed by atoms with Crippen molar-refractivity contribution in [3.63, 3.8) is 0 Å². The van der Waals surface area contributed by atoms with E-state index in [9.17, 15) is 27.6 Å². The largest absolute Gasteiger partial charge is 0.416 e. The molecule has 148 valence electrons. The molecule has 0 bridgehead atoms. The molecular weight excluding hydrogens is 379 g/mol. The Morgan fingerprint density at radius 2 is 1.71 bits per heavy atom. The molecule has 2 aromatic rings. The molecule has 0 saturated carbocycles. The molecule has 2 rings (SSSR count). The predicted octanol–water partition coefficient (Wildman–Crippen LogP) is 0.816. The molecule has 2 N–H and O–H groups in total. The zero-order valence-corrected chi connectivity index (χ0v) is 14.9. The highest BCUT2D eigenvalue weighted by Gasteiger charge is 2.30. The monoisotopic (exact) mass is 395 g/mol. The van der Waals surface area contributed by atoms with Crippen molar-refractivity contribution in [2.45, 2.75) is 6.18 Å². The van der Waals surface area contributed by atoms with Gasteiger partial charge in [0, 0.05) is 32.7 Å². The van der Waals surface area contributed by atoms with Crippen molar-refractivity contribution in [3.8, 4) is 6.07 Å². The predicted molar refractivity (Wildman–Crippen MR) is 93.9 cm³/mol. The average molecular weight is 395 g/mol. The second kappa shape index (κ2) is 7.99. The van der Waals surface area contributed by atoms with Gasteiger partial charge in [0.2, 0.25) is 0 Å². The summed E-state index contributed by atoms with van der Waals surface area (Å²) in [5.74, 6) is -0.576. The summed E-state index contributed by atoms with van der Waals surface area (Å²) in [4.78, 5) is 35.9. The Balaban J connectivity index is 2.02. The van der Waals surface area contributed by atoms with E-state index in [4.69, 9.17) is 5.26 Å². The first-order valence-electron chi connectivity index (χ1n) is 7.97. The molecule has 1 heterocycles. The zero-order valence-electron chi connectivity index (χ0n) is 14.9. The summed E-state index contributed by atoms with van der Waals surface area (Å²) in [5.41, 5.74) is -2.44. The van der Waals surface area contributed by atoms with E-state index in [2.05, 4.69) is 10.6 Å². The van der Waals surface area contributed by atoms with Crippen LogP contribution >= 0.6 is 0 Å². The highest BCUT2D eigenvalue weighted by molar-refractivity contribution is 5.94. The number of nitriles is 1. The van der Waals surface area contributed by atoms with Crippen molar-refractivity contribution in [3.05, 3.63) is 61.8 Å². The van der Waals surface area contributed by atoms with Gasteiger partial charge in [-0.05, 0) is 24.3 Å². The number of benzene rings is 1. The Labute approximate surface area is 156 Å². The maximum Gasteiger partial charge on any atom is 0.416 e. The molecule has 0 aliphatic carbocycles.